The topological polar surface area (TPSA) is 38.3 Å². The molecular formula is C15H20ClNO2. The summed E-state index contributed by atoms with van der Waals surface area (Å²) < 4.78 is 5.23. The lowest BCUT2D eigenvalue weighted by atomic mass is 10.1. The molecule has 0 bridgehead atoms. The quantitative estimate of drug-likeness (QED) is 0.868. The van der Waals surface area contributed by atoms with Gasteiger partial charge in [-0.05, 0) is 42.4 Å². The third-order valence-electron chi connectivity index (χ3n) is 3.56. The second-order valence-electron chi connectivity index (χ2n) is 5.05. The fourth-order valence-electron chi connectivity index (χ4n) is 2.35. The Hall–Kier alpha value is -1.22. The van der Waals surface area contributed by atoms with Gasteiger partial charge in [-0.3, -0.25) is 4.79 Å². The van der Waals surface area contributed by atoms with Gasteiger partial charge in [0.2, 0.25) is 5.91 Å². The normalized spacial score (nSPS) is 21.0. The predicted molar refractivity (Wildman–Crippen MR) is 76.8 cm³/mol. The third kappa shape index (κ3) is 3.63. The van der Waals surface area contributed by atoms with Crippen LogP contribution >= 0.6 is 11.6 Å². The number of methoxy groups -OCH3 is 1. The van der Waals surface area contributed by atoms with E-state index in [1.807, 2.05) is 25.1 Å². The Balaban J connectivity index is 1.87. The average Bonchev–Trinajstić information content (AvgIpc) is 3.17. The van der Waals surface area contributed by atoms with Gasteiger partial charge in [0, 0.05) is 13.0 Å². The third-order valence-corrected chi connectivity index (χ3v) is 3.88. The first kappa shape index (κ1) is 14.2. The van der Waals surface area contributed by atoms with Crippen LogP contribution in [-0.2, 0) is 4.79 Å². The van der Waals surface area contributed by atoms with Crippen LogP contribution in [0, 0.1) is 5.92 Å². The van der Waals surface area contributed by atoms with Gasteiger partial charge in [-0.1, -0.05) is 24.6 Å². The first-order valence-corrected chi connectivity index (χ1v) is 7.13. The van der Waals surface area contributed by atoms with Crippen molar-refractivity contribution in [2.75, 3.05) is 13.7 Å². The molecule has 1 aliphatic rings. The lowest BCUT2D eigenvalue weighted by Gasteiger charge is -2.07. The summed E-state index contributed by atoms with van der Waals surface area (Å²) in [6.07, 6.45) is 2.64. The minimum Gasteiger partial charge on any atom is -0.495 e. The molecule has 1 amide bonds. The molecule has 1 aromatic rings. The molecule has 1 fully saturated rings. The zero-order valence-electron chi connectivity index (χ0n) is 11.4. The zero-order valence-corrected chi connectivity index (χ0v) is 12.2. The van der Waals surface area contributed by atoms with Gasteiger partial charge in [0.05, 0.1) is 12.1 Å². The molecule has 1 aliphatic carbocycles. The molecular weight excluding hydrogens is 262 g/mol. The monoisotopic (exact) mass is 281 g/mol. The number of halogens is 1. The Morgan fingerprint density at radius 1 is 1.53 bits per heavy atom. The van der Waals surface area contributed by atoms with Crippen LogP contribution in [0.25, 0.3) is 0 Å². The first-order valence-electron chi connectivity index (χ1n) is 6.75. The molecule has 1 N–H and O–H groups in total. The van der Waals surface area contributed by atoms with Crippen LogP contribution < -0.4 is 10.1 Å². The molecule has 1 aromatic carbocycles. The number of hydrogen-bond acceptors (Lipinski definition) is 2. The van der Waals surface area contributed by atoms with Crippen molar-refractivity contribution in [3.05, 3.63) is 28.8 Å². The van der Waals surface area contributed by atoms with Crippen LogP contribution in [0.1, 0.15) is 37.7 Å². The highest BCUT2D eigenvalue weighted by Gasteiger charge is 2.38. The van der Waals surface area contributed by atoms with Crippen molar-refractivity contribution in [1.82, 2.24) is 5.32 Å². The minimum atomic E-state index is 0.154. The second-order valence-corrected chi connectivity index (χ2v) is 5.46. The number of rotatable bonds is 6. The lowest BCUT2D eigenvalue weighted by Crippen LogP contribution is -2.25. The maximum absolute atomic E-state index is 11.4. The van der Waals surface area contributed by atoms with Crippen LogP contribution in [0.4, 0.5) is 0 Å². The molecule has 2 rings (SSSR count). The molecule has 3 nitrogen and oxygen atoms in total. The van der Waals surface area contributed by atoms with E-state index >= 15 is 0 Å². The van der Waals surface area contributed by atoms with E-state index in [-0.39, 0.29) is 5.91 Å². The summed E-state index contributed by atoms with van der Waals surface area (Å²) in [6, 6.07) is 5.92. The van der Waals surface area contributed by atoms with Crippen molar-refractivity contribution in [2.45, 2.75) is 32.1 Å². The maximum atomic E-state index is 11.4. The SMILES string of the molecule is CCCC(=O)NC[C@@H]1C[C@H]1c1ccc(Cl)c(OC)c1. The van der Waals surface area contributed by atoms with Gasteiger partial charge in [-0.25, -0.2) is 0 Å². The molecule has 4 heteroatoms. The van der Waals surface area contributed by atoms with Crippen molar-refractivity contribution >= 4 is 17.5 Å². The van der Waals surface area contributed by atoms with Crippen LogP contribution in [0.3, 0.4) is 0 Å². The Morgan fingerprint density at radius 2 is 2.32 bits per heavy atom. The van der Waals surface area contributed by atoms with Crippen LogP contribution in [0.5, 0.6) is 5.75 Å². The molecule has 104 valence electrons. The highest BCUT2D eigenvalue weighted by atomic mass is 35.5. The van der Waals surface area contributed by atoms with E-state index in [4.69, 9.17) is 16.3 Å². The Kier molecular flexibility index (Phi) is 4.70. The van der Waals surface area contributed by atoms with Gasteiger partial charge >= 0.3 is 0 Å². The van der Waals surface area contributed by atoms with Crippen LogP contribution in [-0.4, -0.2) is 19.6 Å². The summed E-state index contributed by atoms with van der Waals surface area (Å²) in [4.78, 5) is 11.4. The average molecular weight is 282 g/mol. The number of nitrogens with one attached hydrogen (secondary N) is 1. The van der Waals surface area contributed by atoms with Gasteiger partial charge in [0.1, 0.15) is 5.75 Å². The fourth-order valence-corrected chi connectivity index (χ4v) is 2.54. The van der Waals surface area contributed by atoms with Gasteiger partial charge < -0.3 is 10.1 Å². The van der Waals surface area contributed by atoms with E-state index in [0.717, 1.165) is 25.1 Å². The van der Waals surface area contributed by atoms with Crippen LogP contribution in [0.2, 0.25) is 5.02 Å². The van der Waals surface area contributed by atoms with Crippen molar-refractivity contribution in [2.24, 2.45) is 5.92 Å². The summed E-state index contributed by atoms with van der Waals surface area (Å²) in [5.74, 6) is 1.95. The van der Waals surface area contributed by atoms with Gasteiger partial charge in [-0.2, -0.15) is 0 Å². The van der Waals surface area contributed by atoms with Gasteiger partial charge in [0.25, 0.3) is 0 Å². The lowest BCUT2D eigenvalue weighted by molar-refractivity contribution is -0.121. The highest BCUT2D eigenvalue weighted by molar-refractivity contribution is 6.32. The molecule has 1 saturated carbocycles. The van der Waals surface area contributed by atoms with E-state index < -0.39 is 0 Å². The maximum Gasteiger partial charge on any atom is 0.219 e. The standard InChI is InChI=1S/C15H20ClNO2/c1-3-4-15(18)17-9-11-7-12(11)10-5-6-13(16)14(8-10)19-2/h5-6,8,11-12H,3-4,7,9H2,1-2H3,(H,17,18)/t11-,12-/m0/s1. The Morgan fingerprint density at radius 3 is 3.00 bits per heavy atom. The number of carbonyl (C=O) groups is 1. The zero-order chi connectivity index (χ0) is 13.8. The summed E-state index contributed by atoms with van der Waals surface area (Å²) in [5, 5.41) is 3.63. The highest BCUT2D eigenvalue weighted by Crippen LogP contribution is 2.48. The molecule has 0 aromatic heterocycles. The summed E-state index contributed by atoms with van der Waals surface area (Å²) >= 11 is 6.01. The van der Waals surface area contributed by atoms with Gasteiger partial charge in [-0.15, -0.1) is 0 Å². The second kappa shape index (κ2) is 6.29. The number of carbonyl (C=O) groups excluding carboxylic acids is 1. The molecule has 19 heavy (non-hydrogen) atoms. The number of amides is 1. The van der Waals surface area contributed by atoms with E-state index in [0.29, 0.717) is 23.3 Å². The largest absolute Gasteiger partial charge is 0.495 e. The number of benzene rings is 1. The number of hydrogen-bond donors (Lipinski definition) is 1. The van der Waals surface area contributed by atoms with E-state index in [1.54, 1.807) is 7.11 Å². The molecule has 0 saturated heterocycles. The predicted octanol–water partition coefficient (Wildman–Crippen LogP) is 3.37. The molecule has 0 aliphatic heterocycles. The van der Waals surface area contributed by atoms with Crippen LogP contribution in [0.15, 0.2) is 18.2 Å². The Labute approximate surface area is 119 Å². The molecule has 0 unspecified atom stereocenters. The Bertz CT molecular complexity index is 461. The van der Waals surface area contributed by atoms with E-state index in [1.165, 1.54) is 5.56 Å². The summed E-state index contributed by atoms with van der Waals surface area (Å²) in [6.45, 7) is 2.79. The van der Waals surface area contributed by atoms with Crippen molar-refractivity contribution < 1.29 is 9.53 Å². The minimum absolute atomic E-state index is 0.154. The smallest absolute Gasteiger partial charge is 0.219 e. The molecule has 0 spiro atoms. The van der Waals surface area contributed by atoms with E-state index in [2.05, 4.69) is 5.32 Å². The van der Waals surface area contributed by atoms with Crippen molar-refractivity contribution in [1.29, 1.82) is 0 Å². The summed E-state index contributed by atoms with van der Waals surface area (Å²) in [7, 11) is 1.63. The van der Waals surface area contributed by atoms with Crippen molar-refractivity contribution in [3.8, 4) is 5.75 Å². The van der Waals surface area contributed by atoms with E-state index in [9.17, 15) is 4.79 Å². The fraction of sp³-hybridized carbons (Fsp3) is 0.533. The van der Waals surface area contributed by atoms with Gasteiger partial charge in [0.15, 0.2) is 0 Å². The number of ether oxygens (including phenoxy) is 1. The van der Waals surface area contributed by atoms with Crippen molar-refractivity contribution in [3.63, 3.8) is 0 Å². The first-order chi connectivity index (χ1) is 9.15. The molecule has 0 radical (unpaired) electrons. The summed E-state index contributed by atoms with van der Waals surface area (Å²) in [5.41, 5.74) is 1.25. The molecule has 0 heterocycles. The molecule has 2 atom stereocenters.